The quantitative estimate of drug-likeness (QED) is 0.548. The van der Waals surface area contributed by atoms with Crippen molar-refractivity contribution in [1.82, 2.24) is 0 Å². The van der Waals surface area contributed by atoms with Gasteiger partial charge in [-0.05, 0) is 62.8 Å². The maximum absolute atomic E-state index is 6.39. The van der Waals surface area contributed by atoms with Crippen molar-refractivity contribution in [3.63, 3.8) is 0 Å². The highest BCUT2D eigenvalue weighted by Crippen LogP contribution is 2.46. The van der Waals surface area contributed by atoms with Gasteiger partial charge in [0.25, 0.3) is 0 Å². The Morgan fingerprint density at radius 1 is 0.577 bits per heavy atom. The van der Waals surface area contributed by atoms with Crippen molar-refractivity contribution in [1.29, 1.82) is 0 Å². The van der Waals surface area contributed by atoms with Gasteiger partial charge in [-0.25, -0.2) is 0 Å². The van der Waals surface area contributed by atoms with Crippen molar-refractivity contribution in [2.24, 2.45) is 0 Å². The molecule has 2 aromatic carbocycles. The number of benzene rings is 2. The summed E-state index contributed by atoms with van der Waals surface area (Å²) >= 11 is 0. The molecule has 0 aliphatic heterocycles. The molecule has 2 heteroatoms. The van der Waals surface area contributed by atoms with Gasteiger partial charge in [0, 0.05) is 13.2 Å². The summed E-state index contributed by atoms with van der Waals surface area (Å²) in [7, 11) is 0. The molecule has 0 amide bonds. The third-order valence-corrected chi connectivity index (χ3v) is 5.60. The minimum Gasteiger partial charge on any atom is -0.367 e. The lowest BCUT2D eigenvalue weighted by Crippen LogP contribution is -2.49. The summed E-state index contributed by atoms with van der Waals surface area (Å²) < 4.78 is 12.8. The van der Waals surface area contributed by atoms with E-state index >= 15 is 0 Å². The van der Waals surface area contributed by atoms with E-state index in [0.717, 1.165) is 24.0 Å². The van der Waals surface area contributed by atoms with Crippen molar-refractivity contribution >= 4 is 0 Å². The lowest BCUT2D eigenvalue weighted by atomic mass is 9.74. The Hall–Kier alpha value is -1.64. The molecular formula is C24H34O2. The van der Waals surface area contributed by atoms with E-state index in [-0.39, 0.29) is 0 Å². The number of hydrogen-bond donors (Lipinski definition) is 0. The lowest BCUT2D eigenvalue weighted by molar-refractivity contribution is -0.203. The van der Waals surface area contributed by atoms with E-state index < -0.39 is 11.2 Å². The molecule has 26 heavy (non-hydrogen) atoms. The number of rotatable bonds is 9. The molecule has 0 aliphatic carbocycles. The average molecular weight is 355 g/mol. The predicted molar refractivity (Wildman–Crippen MR) is 110 cm³/mol. The highest BCUT2D eigenvalue weighted by atomic mass is 16.6. The minimum atomic E-state index is -0.586. The fourth-order valence-electron chi connectivity index (χ4n) is 3.69. The molecular weight excluding hydrogens is 320 g/mol. The number of aryl methyl sites for hydroxylation is 2. The van der Waals surface area contributed by atoms with Gasteiger partial charge in [-0.15, -0.1) is 0 Å². The average Bonchev–Trinajstić information content (AvgIpc) is 2.68. The van der Waals surface area contributed by atoms with E-state index in [4.69, 9.17) is 9.47 Å². The molecule has 0 saturated heterocycles. The van der Waals surface area contributed by atoms with Gasteiger partial charge >= 0.3 is 0 Å². The van der Waals surface area contributed by atoms with E-state index in [0.29, 0.717) is 13.2 Å². The maximum atomic E-state index is 6.39. The third kappa shape index (κ3) is 3.87. The zero-order valence-corrected chi connectivity index (χ0v) is 17.3. The van der Waals surface area contributed by atoms with Gasteiger partial charge in [-0.1, -0.05) is 62.4 Å². The molecule has 142 valence electrons. The summed E-state index contributed by atoms with van der Waals surface area (Å²) in [6.07, 6.45) is 2.07. The molecule has 0 aromatic heterocycles. The van der Waals surface area contributed by atoms with E-state index in [9.17, 15) is 0 Å². The molecule has 2 atom stereocenters. The first-order valence-corrected chi connectivity index (χ1v) is 9.91. The van der Waals surface area contributed by atoms with Gasteiger partial charge in [-0.2, -0.15) is 0 Å². The third-order valence-electron chi connectivity index (χ3n) is 5.60. The first-order chi connectivity index (χ1) is 12.4. The normalized spacial score (nSPS) is 16.1. The van der Waals surface area contributed by atoms with E-state index in [1.807, 2.05) is 13.8 Å². The molecule has 0 aliphatic rings. The van der Waals surface area contributed by atoms with Gasteiger partial charge in [-0.3, -0.25) is 0 Å². The van der Waals surface area contributed by atoms with Crippen molar-refractivity contribution < 1.29 is 9.47 Å². The zero-order chi connectivity index (χ0) is 19.2. The van der Waals surface area contributed by atoms with Crippen LogP contribution in [-0.2, 0) is 33.5 Å². The number of ether oxygens (including phenoxy) is 2. The van der Waals surface area contributed by atoms with Gasteiger partial charge in [0.05, 0.1) is 0 Å². The molecule has 0 heterocycles. The molecule has 0 fully saturated rings. The monoisotopic (exact) mass is 354 g/mol. The Morgan fingerprint density at radius 3 is 1.12 bits per heavy atom. The van der Waals surface area contributed by atoms with Crippen LogP contribution in [-0.4, -0.2) is 13.2 Å². The van der Waals surface area contributed by atoms with Crippen LogP contribution in [0.3, 0.4) is 0 Å². The summed E-state index contributed by atoms with van der Waals surface area (Å²) in [6, 6.07) is 17.5. The Balaban J connectivity index is 2.58. The molecule has 2 aromatic rings. The highest BCUT2D eigenvalue weighted by molar-refractivity contribution is 5.36. The van der Waals surface area contributed by atoms with Crippen molar-refractivity contribution in [3.05, 3.63) is 70.8 Å². The Kier molecular flexibility index (Phi) is 7.02. The molecule has 0 saturated carbocycles. The van der Waals surface area contributed by atoms with Crippen LogP contribution in [0.4, 0.5) is 0 Å². The fraction of sp³-hybridized carbons (Fsp3) is 0.500. The molecule has 0 bridgehead atoms. The van der Waals surface area contributed by atoms with E-state index in [1.54, 1.807) is 0 Å². The second-order valence-corrected chi connectivity index (χ2v) is 7.03. The van der Waals surface area contributed by atoms with Gasteiger partial charge in [0.1, 0.15) is 11.2 Å². The molecule has 2 nitrogen and oxygen atoms in total. The second-order valence-electron chi connectivity index (χ2n) is 7.03. The Morgan fingerprint density at radius 2 is 0.885 bits per heavy atom. The van der Waals surface area contributed by atoms with E-state index in [1.165, 1.54) is 11.1 Å². The van der Waals surface area contributed by atoms with Crippen LogP contribution in [0.5, 0.6) is 0 Å². The largest absolute Gasteiger partial charge is 0.367 e. The van der Waals surface area contributed by atoms with Crippen LogP contribution in [0.2, 0.25) is 0 Å². The maximum Gasteiger partial charge on any atom is 0.123 e. The molecule has 2 rings (SSSR count). The van der Waals surface area contributed by atoms with Crippen molar-refractivity contribution in [3.8, 4) is 0 Å². The summed E-state index contributed by atoms with van der Waals surface area (Å²) in [5.74, 6) is 0. The summed E-state index contributed by atoms with van der Waals surface area (Å²) in [4.78, 5) is 0. The standard InChI is InChI=1S/C24H34O2/c1-7-19-11-15-21(16-12-19)23(5,25-9-3)24(6,26-10-4)22-17-13-20(8-2)14-18-22/h11-18H,7-10H2,1-6H3. The first-order valence-electron chi connectivity index (χ1n) is 9.91. The van der Waals surface area contributed by atoms with Crippen LogP contribution < -0.4 is 0 Å². The van der Waals surface area contributed by atoms with Crippen molar-refractivity contribution in [2.45, 2.75) is 65.6 Å². The first kappa shape index (κ1) is 20.7. The second kappa shape index (κ2) is 8.83. The molecule has 0 spiro atoms. The van der Waals surface area contributed by atoms with Crippen molar-refractivity contribution in [2.75, 3.05) is 13.2 Å². The van der Waals surface area contributed by atoms with Gasteiger partial charge in [0.2, 0.25) is 0 Å². The van der Waals surface area contributed by atoms with Crippen LogP contribution in [0.1, 0.15) is 63.8 Å². The van der Waals surface area contributed by atoms with Crippen LogP contribution in [0.15, 0.2) is 48.5 Å². The van der Waals surface area contributed by atoms with Crippen LogP contribution in [0, 0.1) is 0 Å². The number of hydrogen-bond acceptors (Lipinski definition) is 2. The summed E-state index contributed by atoms with van der Waals surface area (Å²) in [5.41, 5.74) is 3.78. The SMILES string of the molecule is CCOC(C)(c1ccc(CC)cc1)C(C)(OCC)c1ccc(CC)cc1. The predicted octanol–water partition coefficient (Wildman–Crippen LogP) is 6.02. The van der Waals surface area contributed by atoms with Gasteiger partial charge < -0.3 is 9.47 Å². The zero-order valence-electron chi connectivity index (χ0n) is 17.3. The molecule has 2 unspecified atom stereocenters. The fourth-order valence-corrected chi connectivity index (χ4v) is 3.69. The van der Waals surface area contributed by atoms with Crippen LogP contribution >= 0.6 is 0 Å². The summed E-state index contributed by atoms with van der Waals surface area (Å²) in [6.45, 7) is 14.0. The minimum absolute atomic E-state index is 0.586. The van der Waals surface area contributed by atoms with Crippen LogP contribution in [0.25, 0.3) is 0 Å². The summed E-state index contributed by atoms with van der Waals surface area (Å²) in [5, 5.41) is 0. The van der Waals surface area contributed by atoms with Gasteiger partial charge in [0.15, 0.2) is 0 Å². The van der Waals surface area contributed by atoms with E-state index in [2.05, 4.69) is 76.2 Å². The lowest BCUT2D eigenvalue weighted by Gasteiger charge is -2.46. The Bertz CT molecular complexity index is 613. The highest BCUT2D eigenvalue weighted by Gasteiger charge is 2.49. The molecule has 0 N–H and O–H groups in total. The molecule has 0 radical (unpaired) electrons. The topological polar surface area (TPSA) is 18.5 Å². The Labute approximate surface area is 159 Å². The smallest absolute Gasteiger partial charge is 0.123 e.